The van der Waals surface area contributed by atoms with E-state index in [0.717, 1.165) is 24.1 Å². The van der Waals surface area contributed by atoms with E-state index in [9.17, 15) is 0 Å². The summed E-state index contributed by atoms with van der Waals surface area (Å²) in [6.45, 7) is 4.94. The molecule has 1 saturated carbocycles. The summed E-state index contributed by atoms with van der Waals surface area (Å²) in [5.41, 5.74) is 2.24. The molecule has 0 spiro atoms. The van der Waals surface area contributed by atoms with Gasteiger partial charge in [-0.3, -0.25) is 0 Å². The molecule has 0 saturated heterocycles. The standard InChI is InChI=1S/C13H22N2O/c1-10-11(2)14-15(3)13(10)16-9-8-12-6-4-5-7-12/h12H,4-9H2,1-3H3. The largest absolute Gasteiger partial charge is 0.478 e. The summed E-state index contributed by atoms with van der Waals surface area (Å²) in [6.07, 6.45) is 6.81. The van der Waals surface area contributed by atoms with Gasteiger partial charge in [0.25, 0.3) is 0 Å². The Morgan fingerprint density at radius 2 is 2.00 bits per heavy atom. The van der Waals surface area contributed by atoms with Crippen LogP contribution < -0.4 is 4.74 Å². The second-order valence-electron chi connectivity index (χ2n) is 4.93. The van der Waals surface area contributed by atoms with Crippen molar-refractivity contribution in [1.29, 1.82) is 0 Å². The summed E-state index contributed by atoms with van der Waals surface area (Å²) in [7, 11) is 1.95. The molecule has 1 aromatic heterocycles. The van der Waals surface area contributed by atoms with Gasteiger partial charge in [0.1, 0.15) is 0 Å². The maximum Gasteiger partial charge on any atom is 0.214 e. The molecule has 0 N–H and O–H groups in total. The molecule has 1 aliphatic carbocycles. The molecule has 0 unspecified atom stereocenters. The van der Waals surface area contributed by atoms with Gasteiger partial charge in [-0.25, -0.2) is 4.68 Å². The number of aryl methyl sites for hydroxylation is 2. The Kier molecular flexibility index (Phi) is 3.52. The lowest BCUT2D eigenvalue weighted by atomic mass is 10.1. The average Bonchev–Trinajstić information content (AvgIpc) is 2.82. The predicted molar refractivity (Wildman–Crippen MR) is 64.8 cm³/mol. The lowest BCUT2D eigenvalue weighted by Gasteiger charge is -2.11. The Balaban J connectivity index is 1.84. The van der Waals surface area contributed by atoms with E-state index >= 15 is 0 Å². The quantitative estimate of drug-likeness (QED) is 0.783. The Morgan fingerprint density at radius 1 is 1.31 bits per heavy atom. The highest BCUT2D eigenvalue weighted by Crippen LogP contribution is 2.28. The number of hydrogen-bond acceptors (Lipinski definition) is 2. The third-order valence-electron chi connectivity index (χ3n) is 3.70. The fraction of sp³-hybridized carbons (Fsp3) is 0.769. The second kappa shape index (κ2) is 4.89. The van der Waals surface area contributed by atoms with Crippen molar-refractivity contribution in [3.8, 4) is 5.88 Å². The Hall–Kier alpha value is -0.990. The van der Waals surface area contributed by atoms with Crippen LogP contribution in [0.15, 0.2) is 0 Å². The van der Waals surface area contributed by atoms with Gasteiger partial charge < -0.3 is 4.74 Å². The van der Waals surface area contributed by atoms with Crippen LogP contribution in [0.1, 0.15) is 43.4 Å². The van der Waals surface area contributed by atoms with E-state index in [1.54, 1.807) is 0 Å². The third kappa shape index (κ3) is 2.39. The van der Waals surface area contributed by atoms with Gasteiger partial charge in [-0.05, 0) is 26.2 Å². The van der Waals surface area contributed by atoms with E-state index in [1.807, 2.05) is 18.7 Å². The van der Waals surface area contributed by atoms with E-state index in [0.29, 0.717) is 0 Å². The monoisotopic (exact) mass is 222 g/mol. The summed E-state index contributed by atoms with van der Waals surface area (Å²) in [4.78, 5) is 0. The maximum absolute atomic E-state index is 5.85. The first kappa shape index (κ1) is 11.5. The first-order valence-corrected chi connectivity index (χ1v) is 6.31. The normalized spacial score (nSPS) is 16.9. The van der Waals surface area contributed by atoms with Gasteiger partial charge in [0.2, 0.25) is 5.88 Å². The smallest absolute Gasteiger partial charge is 0.214 e. The molecule has 1 aliphatic rings. The van der Waals surface area contributed by atoms with Crippen molar-refractivity contribution >= 4 is 0 Å². The van der Waals surface area contributed by atoms with Crippen LogP contribution >= 0.6 is 0 Å². The topological polar surface area (TPSA) is 27.1 Å². The van der Waals surface area contributed by atoms with Crippen molar-refractivity contribution in [2.45, 2.75) is 46.0 Å². The number of rotatable bonds is 4. The molecule has 1 aromatic rings. The predicted octanol–water partition coefficient (Wildman–Crippen LogP) is 3.00. The van der Waals surface area contributed by atoms with Crippen LogP contribution in [0.3, 0.4) is 0 Å². The first-order chi connectivity index (χ1) is 7.68. The molecule has 0 bridgehead atoms. The van der Waals surface area contributed by atoms with E-state index in [4.69, 9.17) is 4.74 Å². The summed E-state index contributed by atoms with van der Waals surface area (Å²) in [6, 6.07) is 0. The Labute approximate surface area is 97.8 Å². The minimum Gasteiger partial charge on any atom is -0.478 e. The second-order valence-corrected chi connectivity index (χ2v) is 4.93. The molecule has 0 radical (unpaired) electrons. The zero-order valence-electron chi connectivity index (χ0n) is 10.6. The molecular weight excluding hydrogens is 200 g/mol. The number of aromatic nitrogens is 2. The average molecular weight is 222 g/mol. The Morgan fingerprint density at radius 3 is 2.56 bits per heavy atom. The molecule has 90 valence electrons. The van der Waals surface area contributed by atoms with Crippen LogP contribution in [0.5, 0.6) is 5.88 Å². The van der Waals surface area contributed by atoms with E-state index in [2.05, 4.69) is 12.0 Å². The molecule has 16 heavy (non-hydrogen) atoms. The van der Waals surface area contributed by atoms with Crippen LogP contribution in [0, 0.1) is 19.8 Å². The van der Waals surface area contributed by atoms with Crippen LogP contribution in [-0.2, 0) is 7.05 Å². The molecule has 3 heteroatoms. The van der Waals surface area contributed by atoms with Crippen molar-refractivity contribution in [1.82, 2.24) is 9.78 Å². The number of hydrogen-bond donors (Lipinski definition) is 0. The lowest BCUT2D eigenvalue weighted by molar-refractivity contribution is 0.257. The molecule has 0 aliphatic heterocycles. The number of nitrogens with zero attached hydrogens (tertiary/aromatic N) is 2. The summed E-state index contributed by atoms with van der Waals surface area (Å²) >= 11 is 0. The third-order valence-corrected chi connectivity index (χ3v) is 3.70. The van der Waals surface area contributed by atoms with Crippen LogP contribution in [0.4, 0.5) is 0 Å². The molecular formula is C13H22N2O. The van der Waals surface area contributed by atoms with E-state index < -0.39 is 0 Å². The lowest BCUT2D eigenvalue weighted by Crippen LogP contribution is -2.07. The maximum atomic E-state index is 5.85. The molecule has 0 aromatic carbocycles. The fourth-order valence-electron chi connectivity index (χ4n) is 2.57. The van der Waals surface area contributed by atoms with Crippen molar-refractivity contribution in [3.05, 3.63) is 11.3 Å². The SMILES string of the molecule is Cc1nn(C)c(OCCC2CCCC2)c1C. The molecule has 0 amide bonds. The van der Waals surface area contributed by atoms with E-state index in [-0.39, 0.29) is 0 Å². The van der Waals surface area contributed by atoms with Crippen molar-refractivity contribution < 1.29 is 4.74 Å². The van der Waals surface area contributed by atoms with Crippen molar-refractivity contribution in [3.63, 3.8) is 0 Å². The summed E-state index contributed by atoms with van der Waals surface area (Å²) in [5.74, 6) is 1.84. The highest BCUT2D eigenvalue weighted by Gasteiger charge is 2.16. The summed E-state index contributed by atoms with van der Waals surface area (Å²) < 4.78 is 7.70. The fourth-order valence-corrected chi connectivity index (χ4v) is 2.57. The van der Waals surface area contributed by atoms with Gasteiger partial charge in [-0.2, -0.15) is 5.10 Å². The zero-order valence-corrected chi connectivity index (χ0v) is 10.6. The van der Waals surface area contributed by atoms with Crippen molar-refractivity contribution in [2.24, 2.45) is 13.0 Å². The molecule has 3 nitrogen and oxygen atoms in total. The zero-order chi connectivity index (χ0) is 11.5. The molecule has 1 heterocycles. The Bertz CT molecular complexity index is 351. The highest BCUT2D eigenvalue weighted by molar-refractivity contribution is 5.28. The molecule has 2 rings (SSSR count). The van der Waals surface area contributed by atoms with E-state index in [1.165, 1.54) is 37.7 Å². The van der Waals surface area contributed by atoms with Gasteiger partial charge in [0.05, 0.1) is 12.3 Å². The van der Waals surface area contributed by atoms with Crippen LogP contribution in [0.25, 0.3) is 0 Å². The van der Waals surface area contributed by atoms with Crippen LogP contribution in [0.2, 0.25) is 0 Å². The van der Waals surface area contributed by atoms with Gasteiger partial charge in [-0.1, -0.05) is 25.7 Å². The first-order valence-electron chi connectivity index (χ1n) is 6.31. The molecule has 0 atom stereocenters. The van der Waals surface area contributed by atoms with Crippen LogP contribution in [-0.4, -0.2) is 16.4 Å². The van der Waals surface area contributed by atoms with Gasteiger partial charge in [-0.15, -0.1) is 0 Å². The number of ether oxygens (including phenoxy) is 1. The van der Waals surface area contributed by atoms with Gasteiger partial charge in [0.15, 0.2) is 0 Å². The van der Waals surface area contributed by atoms with Gasteiger partial charge in [0, 0.05) is 12.6 Å². The van der Waals surface area contributed by atoms with Crippen molar-refractivity contribution in [2.75, 3.05) is 6.61 Å². The molecule has 1 fully saturated rings. The van der Waals surface area contributed by atoms with Gasteiger partial charge >= 0.3 is 0 Å². The minimum absolute atomic E-state index is 0.838. The minimum atomic E-state index is 0.838. The highest BCUT2D eigenvalue weighted by atomic mass is 16.5. The summed E-state index contributed by atoms with van der Waals surface area (Å²) in [5, 5.41) is 4.35.